The average molecular weight is 496 g/mol. The molecule has 0 spiro atoms. The first-order valence-electron chi connectivity index (χ1n) is 10.6. The van der Waals surface area contributed by atoms with E-state index in [1.165, 1.54) is 28.6 Å². The molecule has 182 valence electrons. The molecule has 1 aliphatic heterocycles. The van der Waals surface area contributed by atoms with Crippen LogP contribution in [0.25, 0.3) is 0 Å². The zero-order valence-electron chi connectivity index (χ0n) is 18.3. The van der Waals surface area contributed by atoms with E-state index in [-0.39, 0.29) is 43.0 Å². The van der Waals surface area contributed by atoms with Crippen LogP contribution in [0, 0.1) is 17.6 Å². The third-order valence-electron chi connectivity index (χ3n) is 5.36. The van der Waals surface area contributed by atoms with Crippen molar-refractivity contribution in [1.29, 1.82) is 0 Å². The van der Waals surface area contributed by atoms with Crippen molar-refractivity contribution in [3.05, 3.63) is 65.2 Å². The number of esters is 2. The van der Waals surface area contributed by atoms with Crippen LogP contribution >= 0.6 is 0 Å². The average Bonchev–Trinajstić information content (AvgIpc) is 2.84. The van der Waals surface area contributed by atoms with Crippen LogP contribution < -0.4 is 0 Å². The van der Waals surface area contributed by atoms with E-state index in [1.54, 1.807) is 6.92 Å². The molecule has 0 amide bonds. The summed E-state index contributed by atoms with van der Waals surface area (Å²) in [5.41, 5.74) is -0.280. The summed E-state index contributed by atoms with van der Waals surface area (Å²) in [5.74, 6) is -4.48. The van der Waals surface area contributed by atoms with Crippen LogP contribution in [-0.2, 0) is 24.3 Å². The van der Waals surface area contributed by atoms with E-state index in [4.69, 9.17) is 9.47 Å². The summed E-state index contributed by atoms with van der Waals surface area (Å²) >= 11 is 0. The molecule has 2 aromatic rings. The molecule has 2 aromatic carbocycles. The van der Waals surface area contributed by atoms with Crippen LogP contribution in [0.5, 0.6) is 0 Å². The van der Waals surface area contributed by atoms with Crippen LogP contribution in [0.4, 0.5) is 8.78 Å². The van der Waals surface area contributed by atoms with Crippen LogP contribution in [-0.4, -0.2) is 56.7 Å². The minimum absolute atomic E-state index is 0.00397. The largest absolute Gasteiger partial charge is 0.462 e. The van der Waals surface area contributed by atoms with E-state index < -0.39 is 57.5 Å². The summed E-state index contributed by atoms with van der Waals surface area (Å²) in [6, 6.07) is 7.78. The molecular weight excluding hydrogens is 472 g/mol. The Bertz CT molecular complexity index is 1170. The summed E-state index contributed by atoms with van der Waals surface area (Å²) in [5, 5.41) is 0. The number of hydrogen-bond donors (Lipinski definition) is 0. The summed E-state index contributed by atoms with van der Waals surface area (Å²) in [6.45, 7) is 1.22. The van der Waals surface area contributed by atoms with Crippen molar-refractivity contribution in [1.82, 2.24) is 4.31 Å². The summed E-state index contributed by atoms with van der Waals surface area (Å²) in [6.07, 6.45) is 0.336. The van der Waals surface area contributed by atoms with E-state index in [1.807, 2.05) is 0 Å². The van der Waals surface area contributed by atoms with Gasteiger partial charge in [-0.3, -0.25) is 9.59 Å². The summed E-state index contributed by atoms with van der Waals surface area (Å²) < 4.78 is 63.7. The molecule has 0 aromatic heterocycles. The number of benzene rings is 2. The van der Waals surface area contributed by atoms with Crippen LogP contribution in [0.15, 0.2) is 47.4 Å². The van der Waals surface area contributed by atoms with E-state index >= 15 is 0 Å². The van der Waals surface area contributed by atoms with Gasteiger partial charge in [0.05, 0.1) is 28.5 Å². The Morgan fingerprint density at radius 1 is 1.00 bits per heavy atom. The zero-order valence-corrected chi connectivity index (χ0v) is 19.1. The fourth-order valence-corrected chi connectivity index (χ4v) is 4.97. The Morgan fingerprint density at radius 3 is 2.26 bits per heavy atom. The maximum absolute atomic E-state index is 13.7. The predicted molar refractivity (Wildman–Crippen MR) is 116 cm³/mol. The monoisotopic (exact) mass is 495 g/mol. The Morgan fingerprint density at radius 2 is 1.65 bits per heavy atom. The number of Topliss-reactive ketones (excluding diaryl/α,β-unsaturated/α-hetero) is 1. The molecule has 11 heteroatoms. The van der Waals surface area contributed by atoms with Crippen molar-refractivity contribution in [3.63, 3.8) is 0 Å². The molecule has 3 rings (SSSR count). The highest BCUT2D eigenvalue weighted by Crippen LogP contribution is 2.25. The van der Waals surface area contributed by atoms with E-state index in [0.717, 1.165) is 18.2 Å². The molecule has 1 fully saturated rings. The maximum atomic E-state index is 13.7. The summed E-state index contributed by atoms with van der Waals surface area (Å²) in [4.78, 5) is 36.1. The Labute approximate surface area is 195 Å². The number of halogens is 2. The molecule has 8 nitrogen and oxygen atoms in total. The lowest BCUT2D eigenvalue weighted by atomic mass is 9.98. The van der Waals surface area contributed by atoms with Gasteiger partial charge in [-0.2, -0.15) is 4.31 Å². The standard InChI is InChI=1S/C23H23F2NO7S/c1-2-32-22(28)15-3-6-18(7-4-15)34(30,31)26-11-9-16(10-12-26)23(29)33-14-21(27)19-13-17(24)5-8-20(19)25/h3-8,13,16H,2,9-12,14H2,1H3. The highest BCUT2D eigenvalue weighted by Gasteiger charge is 2.33. The van der Waals surface area contributed by atoms with Gasteiger partial charge in [-0.1, -0.05) is 0 Å². The van der Waals surface area contributed by atoms with Gasteiger partial charge in [0.15, 0.2) is 6.61 Å². The maximum Gasteiger partial charge on any atom is 0.338 e. The lowest BCUT2D eigenvalue weighted by Crippen LogP contribution is -2.40. The molecule has 0 unspecified atom stereocenters. The normalized spacial score (nSPS) is 15.0. The highest BCUT2D eigenvalue weighted by molar-refractivity contribution is 7.89. The van der Waals surface area contributed by atoms with Crippen molar-refractivity contribution in [2.45, 2.75) is 24.7 Å². The summed E-state index contributed by atoms with van der Waals surface area (Å²) in [7, 11) is -3.84. The SMILES string of the molecule is CCOC(=O)c1ccc(S(=O)(=O)N2CCC(C(=O)OCC(=O)c3cc(F)ccc3F)CC2)cc1. The number of ketones is 1. The lowest BCUT2D eigenvalue weighted by Gasteiger charge is -2.30. The smallest absolute Gasteiger partial charge is 0.338 e. The molecule has 34 heavy (non-hydrogen) atoms. The van der Waals surface area contributed by atoms with Crippen LogP contribution in [0.3, 0.4) is 0 Å². The number of sulfonamides is 1. The molecule has 0 bridgehead atoms. The van der Waals surface area contributed by atoms with Gasteiger partial charge in [0, 0.05) is 13.1 Å². The fourth-order valence-electron chi connectivity index (χ4n) is 3.50. The van der Waals surface area contributed by atoms with Crippen molar-refractivity contribution >= 4 is 27.7 Å². The lowest BCUT2D eigenvalue weighted by molar-refractivity contribution is -0.148. The molecule has 1 saturated heterocycles. The number of rotatable bonds is 8. The third-order valence-corrected chi connectivity index (χ3v) is 7.28. The van der Waals surface area contributed by atoms with Crippen LogP contribution in [0.2, 0.25) is 0 Å². The first kappa shape index (κ1) is 25.4. The van der Waals surface area contributed by atoms with Gasteiger partial charge in [-0.25, -0.2) is 22.0 Å². The van der Waals surface area contributed by atoms with Crippen molar-refractivity contribution in [3.8, 4) is 0 Å². The predicted octanol–water partition coefficient (Wildman–Crippen LogP) is 2.97. The number of carbonyl (C=O) groups excluding carboxylic acids is 3. The van der Waals surface area contributed by atoms with Gasteiger partial charge < -0.3 is 9.47 Å². The quantitative estimate of drug-likeness (QED) is 0.409. The number of carbonyl (C=O) groups is 3. The van der Waals surface area contributed by atoms with E-state index in [0.29, 0.717) is 0 Å². The van der Waals surface area contributed by atoms with E-state index in [2.05, 4.69) is 0 Å². The highest BCUT2D eigenvalue weighted by atomic mass is 32.2. The van der Waals surface area contributed by atoms with Crippen molar-refractivity contribution in [2.24, 2.45) is 5.92 Å². The molecule has 1 heterocycles. The zero-order chi connectivity index (χ0) is 24.9. The van der Waals surface area contributed by atoms with Gasteiger partial charge >= 0.3 is 11.9 Å². The van der Waals surface area contributed by atoms with Crippen molar-refractivity contribution in [2.75, 3.05) is 26.3 Å². The van der Waals surface area contributed by atoms with Gasteiger partial charge in [0.25, 0.3) is 0 Å². The molecular formula is C23H23F2NO7S. The van der Waals surface area contributed by atoms with Gasteiger partial charge in [0.1, 0.15) is 11.6 Å². The van der Waals surface area contributed by atoms with Gasteiger partial charge in [-0.15, -0.1) is 0 Å². The number of piperidine rings is 1. The molecule has 0 N–H and O–H groups in total. The third kappa shape index (κ3) is 5.84. The molecule has 0 atom stereocenters. The molecule has 0 aliphatic carbocycles. The second-order valence-corrected chi connectivity index (χ2v) is 9.52. The number of hydrogen-bond acceptors (Lipinski definition) is 7. The molecule has 0 saturated carbocycles. The van der Waals surface area contributed by atoms with Crippen molar-refractivity contribution < 1.29 is 41.1 Å². The molecule has 0 radical (unpaired) electrons. The van der Waals surface area contributed by atoms with Gasteiger partial charge in [0.2, 0.25) is 15.8 Å². The Hall–Kier alpha value is -3.18. The topological polar surface area (TPSA) is 107 Å². The minimum Gasteiger partial charge on any atom is -0.462 e. The minimum atomic E-state index is -3.84. The number of ether oxygens (including phenoxy) is 2. The second-order valence-electron chi connectivity index (χ2n) is 7.58. The van der Waals surface area contributed by atoms with Gasteiger partial charge in [-0.05, 0) is 62.2 Å². The number of nitrogens with zero attached hydrogens (tertiary/aromatic N) is 1. The van der Waals surface area contributed by atoms with E-state index in [9.17, 15) is 31.6 Å². The first-order valence-corrected chi connectivity index (χ1v) is 12.0. The first-order chi connectivity index (χ1) is 16.1. The molecule has 1 aliphatic rings. The second kappa shape index (κ2) is 10.8. The fraction of sp³-hybridized carbons (Fsp3) is 0.348. The Kier molecular flexibility index (Phi) is 8.11. The Balaban J connectivity index is 1.54. The van der Waals surface area contributed by atoms with Crippen LogP contribution in [0.1, 0.15) is 40.5 Å².